The molecule has 0 amide bonds. The van der Waals surface area contributed by atoms with Crippen molar-refractivity contribution in [2.24, 2.45) is 5.92 Å². The standard InChI is InChI=1S/C9H19NO2/c1-3-10-5-4-9(11)8(6-10)7-12-2/h8-9,11H,3-7H2,1-2H3. The molecule has 0 aromatic heterocycles. The fraction of sp³-hybridized carbons (Fsp3) is 1.00. The molecule has 1 fully saturated rings. The molecule has 3 heteroatoms. The number of methoxy groups -OCH3 is 1. The lowest BCUT2D eigenvalue weighted by Gasteiger charge is -2.35. The van der Waals surface area contributed by atoms with E-state index in [1.54, 1.807) is 7.11 Å². The first-order valence-electron chi connectivity index (χ1n) is 4.67. The molecule has 1 N–H and O–H groups in total. The van der Waals surface area contributed by atoms with Gasteiger partial charge in [-0.25, -0.2) is 0 Å². The summed E-state index contributed by atoms with van der Waals surface area (Å²) in [6, 6.07) is 0. The van der Waals surface area contributed by atoms with Gasteiger partial charge in [-0.05, 0) is 13.0 Å². The molecule has 2 unspecified atom stereocenters. The molecule has 0 aliphatic carbocycles. The summed E-state index contributed by atoms with van der Waals surface area (Å²) in [7, 11) is 1.69. The van der Waals surface area contributed by atoms with Gasteiger partial charge in [0.05, 0.1) is 12.7 Å². The molecule has 12 heavy (non-hydrogen) atoms. The van der Waals surface area contributed by atoms with Crippen LogP contribution in [0.5, 0.6) is 0 Å². The summed E-state index contributed by atoms with van der Waals surface area (Å²) in [6.07, 6.45) is 0.731. The fourth-order valence-electron chi connectivity index (χ4n) is 1.76. The van der Waals surface area contributed by atoms with Crippen molar-refractivity contribution in [3.8, 4) is 0 Å². The molecule has 0 bridgehead atoms. The normalized spacial score (nSPS) is 32.2. The lowest BCUT2D eigenvalue weighted by molar-refractivity contribution is -0.00870. The quantitative estimate of drug-likeness (QED) is 0.668. The van der Waals surface area contributed by atoms with Crippen molar-refractivity contribution in [1.29, 1.82) is 0 Å². The lowest BCUT2D eigenvalue weighted by Crippen LogP contribution is -2.44. The molecule has 3 nitrogen and oxygen atoms in total. The smallest absolute Gasteiger partial charge is 0.0614 e. The zero-order valence-electron chi connectivity index (χ0n) is 7.99. The van der Waals surface area contributed by atoms with Crippen molar-refractivity contribution < 1.29 is 9.84 Å². The summed E-state index contributed by atoms with van der Waals surface area (Å²) in [5, 5.41) is 9.61. The molecule has 1 heterocycles. The van der Waals surface area contributed by atoms with Crippen molar-refractivity contribution in [3.63, 3.8) is 0 Å². The van der Waals surface area contributed by atoms with Gasteiger partial charge in [-0.1, -0.05) is 6.92 Å². The first-order valence-corrected chi connectivity index (χ1v) is 4.67. The van der Waals surface area contributed by atoms with Gasteiger partial charge in [0.15, 0.2) is 0 Å². The van der Waals surface area contributed by atoms with Crippen molar-refractivity contribution >= 4 is 0 Å². The van der Waals surface area contributed by atoms with Crippen LogP contribution in [-0.2, 0) is 4.74 Å². The van der Waals surface area contributed by atoms with Crippen molar-refractivity contribution in [1.82, 2.24) is 4.90 Å². The van der Waals surface area contributed by atoms with Gasteiger partial charge < -0.3 is 14.7 Å². The second-order valence-corrected chi connectivity index (χ2v) is 3.46. The largest absolute Gasteiger partial charge is 0.393 e. The zero-order valence-corrected chi connectivity index (χ0v) is 7.99. The molecular weight excluding hydrogens is 154 g/mol. The van der Waals surface area contributed by atoms with E-state index in [-0.39, 0.29) is 6.10 Å². The maximum Gasteiger partial charge on any atom is 0.0614 e. The minimum Gasteiger partial charge on any atom is -0.393 e. The third kappa shape index (κ3) is 2.44. The monoisotopic (exact) mass is 173 g/mol. The second-order valence-electron chi connectivity index (χ2n) is 3.46. The summed E-state index contributed by atoms with van der Waals surface area (Å²) < 4.78 is 5.06. The van der Waals surface area contributed by atoms with E-state index < -0.39 is 0 Å². The van der Waals surface area contributed by atoms with Crippen LogP contribution >= 0.6 is 0 Å². The van der Waals surface area contributed by atoms with Crippen molar-refractivity contribution in [2.45, 2.75) is 19.4 Å². The lowest BCUT2D eigenvalue weighted by atomic mass is 9.95. The maximum atomic E-state index is 9.61. The van der Waals surface area contributed by atoms with Crippen LogP contribution in [0, 0.1) is 5.92 Å². The Kier molecular flexibility index (Phi) is 3.98. The summed E-state index contributed by atoms with van der Waals surface area (Å²) in [5.41, 5.74) is 0. The van der Waals surface area contributed by atoms with Crippen LogP contribution in [0.4, 0.5) is 0 Å². The van der Waals surface area contributed by atoms with Gasteiger partial charge in [0.1, 0.15) is 0 Å². The van der Waals surface area contributed by atoms with Crippen LogP contribution in [0.1, 0.15) is 13.3 Å². The average Bonchev–Trinajstić information content (AvgIpc) is 2.09. The van der Waals surface area contributed by atoms with E-state index in [9.17, 15) is 5.11 Å². The van der Waals surface area contributed by atoms with Gasteiger partial charge in [0.2, 0.25) is 0 Å². The van der Waals surface area contributed by atoms with E-state index >= 15 is 0 Å². The van der Waals surface area contributed by atoms with Crippen molar-refractivity contribution in [2.75, 3.05) is 33.4 Å². The van der Waals surface area contributed by atoms with Crippen LogP contribution in [0.3, 0.4) is 0 Å². The Morgan fingerprint density at radius 1 is 1.58 bits per heavy atom. The number of rotatable bonds is 3. The highest BCUT2D eigenvalue weighted by molar-refractivity contribution is 4.78. The molecule has 1 aliphatic heterocycles. The van der Waals surface area contributed by atoms with Gasteiger partial charge in [0.25, 0.3) is 0 Å². The number of piperidine rings is 1. The summed E-state index contributed by atoms with van der Waals surface area (Å²) in [4.78, 5) is 2.36. The summed E-state index contributed by atoms with van der Waals surface area (Å²) >= 11 is 0. The SMILES string of the molecule is CCN1CCC(O)C(COC)C1. The Hall–Kier alpha value is -0.120. The third-order valence-corrected chi connectivity index (χ3v) is 2.61. The predicted octanol–water partition coefficient (Wildman–Crippen LogP) is 0.335. The van der Waals surface area contributed by atoms with E-state index in [2.05, 4.69) is 11.8 Å². The third-order valence-electron chi connectivity index (χ3n) is 2.61. The molecule has 1 rings (SSSR count). The van der Waals surface area contributed by atoms with Crippen LogP contribution < -0.4 is 0 Å². The van der Waals surface area contributed by atoms with E-state index in [0.29, 0.717) is 12.5 Å². The highest BCUT2D eigenvalue weighted by atomic mass is 16.5. The minimum atomic E-state index is -0.159. The molecule has 2 atom stereocenters. The Morgan fingerprint density at radius 2 is 2.33 bits per heavy atom. The summed E-state index contributed by atoms with van der Waals surface area (Å²) in [5.74, 6) is 0.309. The van der Waals surface area contributed by atoms with Crippen LogP contribution in [0.25, 0.3) is 0 Å². The first-order chi connectivity index (χ1) is 5.77. The number of nitrogens with zero attached hydrogens (tertiary/aromatic N) is 1. The number of ether oxygens (including phenoxy) is 1. The van der Waals surface area contributed by atoms with Gasteiger partial charge in [-0.15, -0.1) is 0 Å². The Morgan fingerprint density at radius 3 is 2.92 bits per heavy atom. The number of aliphatic hydroxyl groups is 1. The number of hydrogen-bond donors (Lipinski definition) is 1. The Labute approximate surface area is 74.3 Å². The van der Waals surface area contributed by atoms with Gasteiger partial charge in [-0.3, -0.25) is 0 Å². The fourth-order valence-corrected chi connectivity index (χ4v) is 1.76. The molecule has 72 valence electrons. The molecule has 1 saturated heterocycles. The molecule has 0 aromatic carbocycles. The number of aliphatic hydroxyl groups excluding tert-OH is 1. The van der Waals surface area contributed by atoms with Gasteiger partial charge in [0, 0.05) is 26.1 Å². The number of likely N-dealkylation sites (tertiary alicyclic amines) is 1. The molecular formula is C9H19NO2. The zero-order chi connectivity index (χ0) is 8.97. The minimum absolute atomic E-state index is 0.159. The topological polar surface area (TPSA) is 32.7 Å². The van der Waals surface area contributed by atoms with Crippen LogP contribution in [0.15, 0.2) is 0 Å². The maximum absolute atomic E-state index is 9.61. The predicted molar refractivity (Wildman–Crippen MR) is 48.1 cm³/mol. The Balaban J connectivity index is 2.36. The molecule has 0 radical (unpaired) electrons. The molecule has 0 spiro atoms. The van der Waals surface area contributed by atoms with Crippen LogP contribution in [0.2, 0.25) is 0 Å². The number of hydrogen-bond acceptors (Lipinski definition) is 3. The van der Waals surface area contributed by atoms with Crippen LogP contribution in [-0.4, -0.2) is 49.5 Å². The molecule has 0 aromatic rings. The first kappa shape index (κ1) is 9.96. The summed E-state index contributed by atoms with van der Waals surface area (Å²) in [6.45, 7) is 5.91. The highest BCUT2D eigenvalue weighted by Gasteiger charge is 2.26. The van der Waals surface area contributed by atoms with E-state index in [1.807, 2.05) is 0 Å². The van der Waals surface area contributed by atoms with E-state index in [1.165, 1.54) is 0 Å². The average molecular weight is 173 g/mol. The van der Waals surface area contributed by atoms with Gasteiger partial charge in [-0.2, -0.15) is 0 Å². The molecule has 0 saturated carbocycles. The Bertz CT molecular complexity index is 130. The van der Waals surface area contributed by atoms with E-state index in [4.69, 9.17) is 4.74 Å². The van der Waals surface area contributed by atoms with E-state index in [0.717, 1.165) is 26.1 Å². The molecule has 1 aliphatic rings. The second kappa shape index (κ2) is 4.80. The highest BCUT2D eigenvalue weighted by Crippen LogP contribution is 2.16. The van der Waals surface area contributed by atoms with Gasteiger partial charge >= 0.3 is 0 Å². The van der Waals surface area contributed by atoms with Crippen molar-refractivity contribution in [3.05, 3.63) is 0 Å².